The molecule has 0 bridgehead atoms. The number of rotatable bonds is 6. The van der Waals surface area contributed by atoms with Gasteiger partial charge < -0.3 is 20.1 Å². The summed E-state index contributed by atoms with van der Waals surface area (Å²) >= 11 is 0. The van der Waals surface area contributed by atoms with Crippen molar-refractivity contribution in [2.45, 2.75) is 0 Å². The van der Waals surface area contributed by atoms with Gasteiger partial charge in [0, 0.05) is 10.8 Å². The van der Waals surface area contributed by atoms with Crippen molar-refractivity contribution in [2.75, 3.05) is 0 Å². The van der Waals surface area contributed by atoms with Crippen molar-refractivity contribution in [3.8, 4) is 11.1 Å². The number of ether oxygens (including phenoxy) is 1. The second kappa shape index (κ2) is 9.51. The summed E-state index contributed by atoms with van der Waals surface area (Å²) in [7, 11) is 0. The smallest absolute Gasteiger partial charge is 0.346 e. The molecule has 4 aromatic rings. The molecular weight excluding hydrogens is 468 g/mol. The molecule has 3 N–H and O–H groups in total. The van der Waals surface area contributed by atoms with Crippen molar-refractivity contribution < 1.29 is 44.0 Å². The standard InChI is InChI=1S/C27H16O9/c28-23(29)17-10-11-19(25(32)33)22-20(13-12-18(21(17)22)24(30)31)27(35)36-26(34)16-8-6-15(7-9-16)14-4-2-1-3-5-14/h1-13H,(H,28,29)(H,30,31)(H,32,33). The Balaban J connectivity index is 1.75. The Morgan fingerprint density at radius 1 is 0.472 bits per heavy atom. The fourth-order valence-corrected chi connectivity index (χ4v) is 3.83. The quantitative estimate of drug-likeness (QED) is 0.263. The lowest BCUT2D eigenvalue weighted by Crippen LogP contribution is -2.16. The number of aromatic carboxylic acids is 3. The summed E-state index contributed by atoms with van der Waals surface area (Å²) in [4.78, 5) is 60.9. The molecule has 0 unspecified atom stereocenters. The first-order chi connectivity index (χ1) is 17.2. The van der Waals surface area contributed by atoms with E-state index in [0.29, 0.717) is 0 Å². The van der Waals surface area contributed by atoms with Crippen molar-refractivity contribution >= 4 is 40.6 Å². The summed E-state index contributed by atoms with van der Waals surface area (Å²) in [6.07, 6.45) is 0. The van der Waals surface area contributed by atoms with Crippen LogP contribution in [-0.4, -0.2) is 45.2 Å². The number of benzene rings is 4. The van der Waals surface area contributed by atoms with Gasteiger partial charge in [-0.25, -0.2) is 24.0 Å². The summed E-state index contributed by atoms with van der Waals surface area (Å²) in [6.45, 7) is 0. The number of carbonyl (C=O) groups is 5. The lowest BCUT2D eigenvalue weighted by molar-refractivity contribution is 0.0397. The predicted octanol–water partition coefficient (Wildman–Crippen LogP) is 4.60. The van der Waals surface area contributed by atoms with Gasteiger partial charge in [-0.15, -0.1) is 0 Å². The third-order valence-corrected chi connectivity index (χ3v) is 5.48. The van der Waals surface area contributed by atoms with Crippen LogP contribution in [-0.2, 0) is 4.74 Å². The summed E-state index contributed by atoms with van der Waals surface area (Å²) < 4.78 is 4.95. The average molecular weight is 484 g/mol. The molecule has 0 radical (unpaired) electrons. The van der Waals surface area contributed by atoms with E-state index in [1.165, 1.54) is 12.1 Å². The van der Waals surface area contributed by atoms with Crippen LogP contribution in [0.25, 0.3) is 21.9 Å². The minimum Gasteiger partial charge on any atom is -0.478 e. The first-order valence-electron chi connectivity index (χ1n) is 10.4. The van der Waals surface area contributed by atoms with E-state index >= 15 is 0 Å². The van der Waals surface area contributed by atoms with Crippen LogP contribution in [0.5, 0.6) is 0 Å². The maximum atomic E-state index is 12.9. The zero-order valence-electron chi connectivity index (χ0n) is 18.3. The molecule has 9 heteroatoms. The Morgan fingerprint density at radius 2 is 0.889 bits per heavy atom. The van der Waals surface area contributed by atoms with E-state index in [2.05, 4.69) is 0 Å². The fraction of sp³-hybridized carbons (Fsp3) is 0. The minimum atomic E-state index is -1.53. The van der Waals surface area contributed by atoms with Gasteiger partial charge in [0.2, 0.25) is 0 Å². The van der Waals surface area contributed by atoms with Crippen molar-refractivity contribution in [1.29, 1.82) is 0 Å². The number of esters is 2. The molecule has 4 rings (SSSR count). The molecule has 36 heavy (non-hydrogen) atoms. The van der Waals surface area contributed by atoms with E-state index in [0.717, 1.165) is 35.4 Å². The molecule has 0 aliphatic carbocycles. The highest BCUT2D eigenvalue weighted by Gasteiger charge is 2.27. The highest BCUT2D eigenvalue weighted by atomic mass is 16.6. The predicted molar refractivity (Wildman–Crippen MR) is 126 cm³/mol. The fourth-order valence-electron chi connectivity index (χ4n) is 3.83. The minimum absolute atomic E-state index is 0.0409. The van der Waals surface area contributed by atoms with Crippen LogP contribution in [0, 0.1) is 0 Å². The van der Waals surface area contributed by atoms with Gasteiger partial charge >= 0.3 is 29.8 Å². The lowest BCUT2D eigenvalue weighted by Gasteiger charge is -2.13. The number of carboxylic acids is 3. The SMILES string of the molecule is O=C(OC(=O)c1ccc(C(=O)O)c2c(C(=O)O)ccc(C(=O)O)c12)c1ccc(-c2ccccc2)cc1. The van der Waals surface area contributed by atoms with Crippen LogP contribution in [0.15, 0.2) is 78.9 Å². The topological polar surface area (TPSA) is 155 Å². The molecule has 0 spiro atoms. The summed E-state index contributed by atoms with van der Waals surface area (Å²) in [5.74, 6) is -6.88. The Hall–Kier alpha value is -5.31. The number of hydrogen-bond donors (Lipinski definition) is 3. The van der Waals surface area contributed by atoms with E-state index in [9.17, 15) is 39.3 Å². The highest BCUT2D eigenvalue weighted by Crippen LogP contribution is 2.31. The third-order valence-electron chi connectivity index (χ3n) is 5.48. The Kier molecular flexibility index (Phi) is 6.30. The van der Waals surface area contributed by atoms with Gasteiger partial charge in [-0.1, -0.05) is 42.5 Å². The molecule has 0 saturated carbocycles. The lowest BCUT2D eigenvalue weighted by atomic mass is 9.91. The highest BCUT2D eigenvalue weighted by molar-refractivity contribution is 6.22. The monoisotopic (exact) mass is 484 g/mol. The average Bonchev–Trinajstić information content (AvgIpc) is 2.87. The molecular formula is C27H16O9. The Bertz CT molecular complexity index is 1530. The van der Waals surface area contributed by atoms with Gasteiger partial charge in [0.1, 0.15) is 0 Å². The van der Waals surface area contributed by atoms with Crippen molar-refractivity contribution in [3.63, 3.8) is 0 Å². The van der Waals surface area contributed by atoms with Crippen LogP contribution in [0.4, 0.5) is 0 Å². The van der Waals surface area contributed by atoms with Gasteiger partial charge in [-0.2, -0.15) is 0 Å². The van der Waals surface area contributed by atoms with E-state index in [4.69, 9.17) is 4.74 Å². The summed E-state index contributed by atoms with van der Waals surface area (Å²) in [5.41, 5.74) is -0.265. The molecule has 0 fully saturated rings. The normalized spacial score (nSPS) is 10.6. The van der Waals surface area contributed by atoms with Crippen LogP contribution in [0.3, 0.4) is 0 Å². The molecule has 178 valence electrons. The molecule has 0 amide bonds. The van der Waals surface area contributed by atoms with Gasteiger partial charge in [0.25, 0.3) is 0 Å². The molecule has 0 atom stereocenters. The Morgan fingerprint density at radius 3 is 1.36 bits per heavy atom. The van der Waals surface area contributed by atoms with E-state index in [-0.39, 0.29) is 5.56 Å². The Labute approximate surface area is 202 Å². The van der Waals surface area contributed by atoms with Gasteiger partial charge in [0.15, 0.2) is 0 Å². The van der Waals surface area contributed by atoms with Crippen molar-refractivity contribution in [1.82, 2.24) is 0 Å². The molecule has 0 aromatic heterocycles. The number of carbonyl (C=O) groups excluding carboxylic acids is 2. The number of hydrogen-bond acceptors (Lipinski definition) is 6. The van der Waals surface area contributed by atoms with Crippen molar-refractivity contribution in [3.05, 3.63) is 107 Å². The zero-order valence-corrected chi connectivity index (χ0v) is 18.3. The maximum Gasteiger partial charge on any atom is 0.346 e. The van der Waals surface area contributed by atoms with E-state index < -0.39 is 62.9 Å². The summed E-state index contributed by atoms with van der Waals surface area (Å²) in [5, 5.41) is 27.8. The molecule has 9 nitrogen and oxygen atoms in total. The second-order valence-electron chi connectivity index (χ2n) is 7.61. The molecule has 0 aliphatic rings. The van der Waals surface area contributed by atoms with Crippen LogP contribution in [0.1, 0.15) is 51.8 Å². The second-order valence-corrected chi connectivity index (χ2v) is 7.61. The van der Waals surface area contributed by atoms with E-state index in [1.54, 1.807) is 12.1 Å². The summed E-state index contributed by atoms with van der Waals surface area (Å²) in [6, 6.07) is 19.4. The number of fused-ring (bicyclic) bond motifs is 1. The van der Waals surface area contributed by atoms with Gasteiger partial charge in [-0.3, -0.25) is 0 Å². The van der Waals surface area contributed by atoms with Crippen molar-refractivity contribution in [2.24, 2.45) is 0 Å². The third kappa shape index (κ3) is 4.40. The largest absolute Gasteiger partial charge is 0.478 e. The maximum absolute atomic E-state index is 12.9. The molecule has 4 aromatic carbocycles. The van der Waals surface area contributed by atoms with Crippen LogP contribution in [0.2, 0.25) is 0 Å². The van der Waals surface area contributed by atoms with Gasteiger partial charge in [-0.05, 0) is 47.5 Å². The zero-order chi connectivity index (χ0) is 26.0. The van der Waals surface area contributed by atoms with Gasteiger partial charge in [0.05, 0.1) is 27.8 Å². The van der Waals surface area contributed by atoms with Crippen LogP contribution < -0.4 is 0 Å². The molecule has 0 aliphatic heterocycles. The first kappa shape index (κ1) is 23.8. The number of carboxylic acid groups (broad SMARTS) is 3. The molecule has 0 heterocycles. The first-order valence-corrected chi connectivity index (χ1v) is 10.4. The molecule has 0 saturated heterocycles. The van der Waals surface area contributed by atoms with E-state index in [1.807, 2.05) is 30.3 Å². The van der Waals surface area contributed by atoms with Crippen LogP contribution >= 0.6 is 0 Å².